The molecule has 2 heterocycles. The van der Waals surface area contributed by atoms with Gasteiger partial charge in [0.25, 0.3) is 15.9 Å². The Bertz CT molecular complexity index is 1170. The molecule has 1 aliphatic rings. The van der Waals surface area contributed by atoms with E-state index in [1.807, 2.05) is 44.5 Å². The summed E-state index contributed by atoms with van der Waals surface area (Å²) in [5.74, 6) is 1.14. The van der Waals surface area contributed by atoms with Gasteiger partial charge in [0.1, 0.15) is 4.90 Å². The zero-order valence-corrected chi connectivity index (χ0v) is 17.5. The van der Waals surface area contributed by atoms with Gasteiger partial charge < -0.3 is 8.98 Å². The molecule has 1 N–H and O–H groups in total. The third kappa shape index (κ3) is 3.11. The van der Waals surface area contributed by atoms with E-state index in [9.17, 15) is 8.42 Å². The molecule has 28 heavy (non-hydrogen) atoms. The van der Waals surface area contributed by atoms with Crippen molar-refractivity contribution in [3.8, 4) is 11.5 Å². The van der Waals surface area contributed by atoms with Crippen molar-refractivity contribution >= 4 is 15.7 Å². The maximum atomic E-state index is 13.4. The zero-order valence-electron chi connectivity index (χ0n) is 16.7. The standard InChI is InChI=1S/C20H24N4O3S/c1-11-6-9-16(12(2)10-11)23-28(25,26)18-14(4)24(5)13(3)17(18)20-22-21-19(27-20)15-7-8-15/h6,9-10,15,23H,7-8H2,1-5H3. The van der Waals surface area contributed by atoms with Crippen molar-refractivity contribution in [1.82, 2.24) is 14.8 Å². The second kappa shape index (κ2) is 6.48. The van der Waals surface area contributed by atoms with Crippen molar-refractivity contribution < 1.29 is 12.8 Å². The fraction of sp³-hybridized carbons (Fsp3) is 0.400. The molecule has 0 bridgehead atoms. The van der Waals surface area contributed by atoms with Crippen molar-refractivity contribution in [2.45, 2.75) is 51.3 Å². The molecule has 4 rings (SSSR count). The van der Waals surface area contributed by atoms with Crippen molar-refractivity contribution in [2.24, 2.45) is 7.05 Å². The Kier molecular flexibility index (Phi) is 4.33. The predicted octanol–water partition coefficient (Wildman–Crippen LogP) is 3.99. The molecule has 2 aromatic heterocycles. The number of aryl methyl sites for hydroxylation is 2. The first kappa shape index (κ1) is 18.7. The minimum absolute atomic E-state index is 0.179. The molecule has 3 aromatic rings. The van der Waals surface area contributed by atoms with Gasteiger partial charge in [-0.05, 0) is 52.2 Å². The number of nitrogens with one attached hydrogen (secondary N) is 1. The molecule has 0 atom stereocenters. The second-order valence-corrected chi connectivity index (χ2v) is 9.20. The first-order valence-electron chi connectivity index (χ1n) is 9.28. The van der Waals surface area contributed by atoms with Gasteiger partial charge in [0, 0.05) is 24.4 Å². The van der Waals surface area contributed by atoms with E-state index in [2.05, 4.69) is 14.9 Å². The molecular weight excluding hydrogens is 376 g/mol. The molecule has 148 valence electrons. The molecule has 1 fully saturated rings. The van der Waals surface area contributed by atoms with E-state index >= 15 is 0 Å². The maximum absolute atomic E-state index is 13.4. The number of aromatic nitrogens is 3. The number of anilines is 1. The van der Waals surface area contributed by atoms with Crippen molar-refractivity contribution in [3.63, 3.8) is 0 Å². The van der Waals surface area contributed by atoms with Crippen molar-refractivity contribution in [1.29, 1.82) is 0 Å². The van der Waals surface area contributed by atoms with Gasteiger partial charge in [0.05, 0.1) is 11.3 Å². The van der Waals surface area contributed by atoms with Crippen LogP contribution in [0.2, 0.25) is 0 Å². The largest absolute Gasteiger partial charge is 0.420 e. The van der Waals surface area contributed by atoms with Gasteiger partial charge in [-0.2, -0.15) is 0 Å². The highest BCUT2D eigenvalue weighted by Gasteiger charge is 2.34. The van der Waals surface area contributed by atoms with Crippen LogP contribution in [0.25, 0.3) is 11.5 Å². The minimum Gasteiger partial charge on any atom is -0.420 e. The molecule has 0 spiro atoms. The van der Waals surface area contributed by atoms with Crippen LogP contribution in [-0.4, -0.2) is 23.2 Å². The number of hydrogen-bond acceptors (Lipinski definition) is 5. The van der Waals surface area contributed by atoms with Gasteiger partial charge in [0.15, 0.2) is 0 Å². The fourth-order valence-electron chi connectivity index (χ4n) is 3.45. The number of hydrogen-bond donors (Lipinski definition) is 1. The number of sulfonamides is 1. The predicted molar refractivity (Wildman–Crippen MR) is 107 cm³/mol. The SMILES string of the molecule is Cc1ccc(NS(=O)(=O)c2c(-c3nnc(C4CC4)o3)c(C)n(C)c2C)c(C)c1. The van der Waals surface area contributed by atoms with Gasteiger partial charge in [0.2, 0.25) is 5.89 Å². The molecule has 0 saturated heterocycles. The number of rotatable bonds is 5. The lowest BCUT2D eigenvalue weighted by Gasteiger charge is -2.12. The van der Waals surface area contributed by atoms with Crippen LogP contribution in [0.1, 0.15) is 47.2 Å². The maximum Gasteiger partial charge on any atom is 0.264 e. The van der Waals surface area contributed by atoms with Crippen LogP contribution >= 0.6 is 0 Å². The van der Waals surface area contributed by atoms with E-state index < -0.39 is 10.0 Å². The summed E-state index contributed by atoms with van der Waals surface area (Å²) in [4.78, 5) is 0.179. The van der Waals surface area contributed by atoms with E-state index in [1.165, 1.54) is 0 Å². The Hall–Kier alpha value is -2.61. The molecule has 0 aliphatic heterocycles. The third-order valence-corrected chi connectivity index (χ3v) is 6.93. The Balaban J connectivity index is 1.82. The lowest BCUT2D eigenvalue weighted by atomic mass is 10.1. The van der Waals surface area contributed by atoms with E-state index in [0.29, 0.717) is 28.8 Å². The Morgan fingerprint density at radius 1 is 1.11 bits per heavy atom. The Morgan fingerprint density at radius 3 is 2.46 bits per heavy atom. The van der Waals surface area contributed by atoms with Crippen LogP contribution in [-0.2, 0) is 17.1 Å². The highest BCUT2D eigenvalue weighted by Crippen LogP contribution is 2.42. The summed E-state index contributed by atoms with van der Waals surface area (Å²) in [5.41, 5.74) is 4.36. The number of benzene rings is 1. The van der Waals surface area contributed by atoms with Gasteiger partial charge in [-0.3, -0.25) is 4.72 Å². The van der Waals surface area contributed by atoms with Crippen molar-refractivity contribution in [3.05, 3.63) is 46.6 Å². The van der Waals surface area contributed by atoms with Gasteiger partial charge in [-0.15, -0.1) is 10.2 Å². The average Bonchev–Trinajstić information content (AvgIpc) is 3.32. The topological polar surface area (TPSA) is 90.0 Å². The highest BCUT2D eigenvalue weighted by atomic mass is 32.2. The Morgan fingerprint density at radius 2 is 1.82 bits per heavy atom. The van der Waals surface area contributed by atoms with Crippen LogP contribution in [0.5, 0.6) is 0 Å². The Labute approximate surface area is 164 Å². The summed E-state index contributed by atoms with van der Waals surface area (Å²) in [6.45, 7) is 7.50. The molecule has 8 heteroatoms. The molecular formula is C20H24N4O3S. The lowest BCUT2D eigenvalue weighted by Crippen LogP contribution is -2.15. The summed E-state index contributed by atoms with van der Waals surface area (Å²) in [5, 5.41) is 8.28. The van der Waals surface area contributed by atoms with Gasteiger partial charge in [-0.25, -0.2) is 8.42 Å². The molecule has 1 aromatic carbocycles. The lowest BCUT2D eigenvalue weighted by molar-refractivity contribution is 0.507. The summed E-state index contributed by atoms with van der Waals surface area (Å²) in [6, 6.07) is 5.61. The monoisotopic (exact) mass is 400 g/mol. The summed E-state index contributed by atoms with van der Waals surface area (Å²) in [6.07, 6.45) is 2.07. The first-order chi connectivity index (χ1) is 13.2. The smallest absolute Gasteiger partial charge is 0.264 e. The first-order valence-corrected chi connectivity index (χ1v) is 10.8. The quantitative estimate of drug-likeness (QED) is 0.699. The molecule has 7 nitrogen and oxygen atoms in total. The molecule has 0 radical (unpaired) electrons. The summed E-state index contributed by atoms with van der Waals surface area (Å²) >= 11 is 0. The van der Waals surface area contributed by atoms with Crippen LogP contribution in [0, 0.1) is 27.7 Å². The van der Waals surface area contributed by atoms with Crippen molar-refractivity contribution in [2.75, 3.05) is 4.72 Å². The van der Waals surface area contributed by atoms with Gasteiger partial charge in [-0.1, -0.05) is 17.7 Å². The highest BCUT2D eigenvalue weighted by molar-refractivity contribution is 7.93. The third-order valence-electron chi connectivity index (χ3n) is 5.40. The van der Waals surface area contributed by atoms with Crippen LogP contribution < -0.4 is 4.72 Å². The number of nitrogens with zero attached hydrogens (tertiary/aromatic N) is 3. The molecule has 1 aliphatic carbocycles. The molecule has 0 amide bonds. The van der Waals surface area contributed by atoms with Crippen LogP contribution in [0.4, 0.5) is 5.69 Å². The van der Waals surface area contributed by atoms with Crippen LogP contribution in [0.15, 0.2) is 27.5 Å². The summed E-state index contributed by atoms with van der Waals surface area (Å²) in [7, 11) is -2.02. The van der Waals surface area contributed by atoms with E-state index in [0.717, 1.165) is 29.7 Å². The zero-order chi connectivity index (χ0) is 20.2. The van der Waals surface area contributed by atoms with E-state index in [1.54, 1.807) is 13.0 Å². The molecule has 0 unspecified atom stereocenters. The van der Waals surface area contributed by atoms with E-state index in [4.69, 9.17) is 4.42 Å². The fourth-order valence-corrected chi connectivity index (χ4v) is 5.10. The normalized spacial score (nSPS) is 14.5. The average molecular weight is 401 g/mol. The van der Waals surface area contributed by atoms with Crippen LogP contribution in [0.3, 0.4) is 0 Å². The minimum atomic E-state index is -3.85. The molecule has 1 saturated carbocycles. The van der Waals surface area contributed by atoms with Gasteiger partial charge >= 0.3 is 0 Å². The summed E-state index contributed by atoms with van der Waals surface area (Å²) < 4.78 is 37.1. The second-order valence-electron chi connectivity index (χ2n) is 7.58. The van der Waals surface area contributed by atoms with E-state index in [-0.39, 0.29) is 10.8 Å².